The number of nitrogens with one attached hydrogen (secondary N) is 1. The molecule has 2 aromatic rings. The Balaban J connectivity index is 1.75. The molecule has 27 heavy (non-hydrogen) atoms. The van der Waals surface area contributed by atoms with Gasteiger partial charge in [-0.2, -0.15) is 0 Å². The van der Waals surface area contributed by atoms with Crippen LogP contribution in [0.4, 0.5) is 0 Å². The van der Waals surface area contributed by atoms with E-state index in [2.05, 4.69) is 9.97 Å². The van der Waals surface area contributed by atoms with Crippen LogP contribution in [0.1, 0.15) is 33.7 Å². The largest absolute Gasteiger partial charge is 0.493 e. The standard InChI is InChI=1S/C19H21N3O5/c1-26-15-6-5-12(8-16(15)27-2)18(24)13-4-3-7-22(11-13)19(25)14-9-21-17(23)10-20-14/h5-6,8-10,13H,3-4,7,11H2,1-2H3,(H,21,23)/t13-/m1/s1. The third-order valence-corrected chi connectivity index (χ3v) is 4.64. The number of nitrogens with zero attached hydrogens (tertiary/aromatic N) is 2. The topological polar surface area (TPSA) is 102 Å². The third-order valence-electron chi connectivity index (χ3n) is 4.64. The molecule has 8 nitrogen and oxygen atoms in total. The van der Waals surface area contributed by atoms with Gasteiger partial charge in [0.1, 0.15) is 5.69 Å². The number of benzene rings is 1. The van der Waals surface area contributed by atoms with Crippen molar-refractivity contribution in [3.05, 3.63) is 52.2 Å². The van der Waals surface area contributed by atoms with Crippen molar-refractivity contribution in [1.29, 1.82) is 0 Å². The van der Waals surface area contributed by atoms with Crippen LogP contribution in [-0.2, 0) is 0 Å². The lowest BCUT2D eigenvalue weighted by Gasteiger charge is -2.31. The molecule has 0 saturated carbocycles. The van der Waals surface area contributed by atoms with Crippen molar-refractivity contribution >= 4 is 11.7 Å². The first-order chi connectivity index (χ1) is 13.0. The van der Waals surface area contributed by atoms with Gasteiger partial charge in [0.2, 0.25) is 0 Å². The number of hydrogen-bond donors (Lipinski definition) is 1. The molecule has 1 atom stereocenters. The lowest BCUT2D eigenvalue weighted by Crippen LogP contribution is -2.42. The zero-order valence-corrected chi connectivity index (χ0v) is 15.2. The molecule has 3 rings (SSSR count). The van der Waals surface area contributed by atoms with Gasteiger partial charge in [0.05, 0.1) is 20.4 Å². The number of rotatable bonds is 5. The Morgan fingerprint density at radius 2 is 2.00 bits per heavy atom. The lowest BCUT2D eigenvalue weighted by molar-refractivity contribution is 0.0631. The highest BCUT2D eigenvalue weighted by Crippen LogP contribution is 2.30. The Bertz CT molecular complexity index is 888. The molecule has 1 aliphatic rings. The second kappa shape index (κ2) is 8.03. The zero-order chi connectivity index (χ0) is 19.4. The normalized spacial score (nSPS) is 16.7. The first-order valence-corrected chi connectivity index (χ1v) is 8.63. The highest BCUT2D eigenvalue weighted by Gasteiger charge is 2.30. The average Bonchev–Trinajstić information content (AvgIpc) is 2.72. The maximum atomic E-state index is 12.9. The number of aromatic nitrogens is 2. The van der Waals surface area contributed by atoms with E-state index in [0.29, 0.717) is 36.6 Å². The van der Waals surface area contributed by atoms with Crippen LogP contribution >= 0.6 is 0 Å². The molecule has 2 heterocycles. The first kappa shape index (κ1) is 18.6. The molecule has 0 unspecified atom stereocenters. The summed E-state index contributed by atoms with van der Waals surface area (Å²) < 4.78 is 10.5. The van der Waals surface area contributed by atoms with Gasteiger partial charge in [0.15, 0.2) is 17.3 Å². The highest BCUT2D eigenvalue weighted by atomic mass is 16.5. The summed E-state index contributed by atoms with van der Waals surface area (Å²) >= 11 is 0. The molecule has 0 bridgehead atoms. The van der Waals surface area contributed by atoms with Crippen LogP contribution in [0.3, 0.4) is 0 Å². The number of amides is 1. The molecule has 1 saturated heterocycles. The summed E-state index contributed by atoms with van der Waals surface area (Å²) in [5.74, 6) is 0.408. The molecule has 8 heteroatoms. The Labute approximate surface area is 156 Å². The van der Waals surface area contributed by atoms with Crippen molar-refractivity contribution in [3.63, 3.8) is 0 Å². The number of methoxy groups -OCH3 is 2. The molecular formula is C19H21N3O5. The lowest BCUT2D eigenvalue weighted by atomic mass is 9.89. The fraction of sp³-hybridized carbons (Fsp3) is 0.368. The molecule has 142 valence electrons. The van der Waals surface area contributed by atoms with Gasteiger partial charge in [-0.05, 0) is 31.0 Å². The van der Waals surface area contributed by atoms with E-state index >= 15 is 0 Å². The van der Waals surface area contributed by atoms with Gasteiger partial charge >= 0.3 is 0 Å². The van der Waals surface area contributed by atoms with Crippen molar-refractivity contribution in [2.24, 2.45) is 5.92 Å². The number of aromatic amines is 1. The minimum atomic E-state index is -0.369. The van der Waals surface area contributed by atoms with Crippen molar-refractivity contribution in [2.75, 3.05) is 27.3 Å². The number of H-pyrrole nitrogens is 1. The van der Waals surface area contributed by atoms with E-state index in [-0.39, 0.29) is 28.9 Å². The van der Waals surface area contributed by atoms with Crippen LogP contribution in [0.25, 0.3) is 0 Å². The Morgan fingerprint density at radius 3 is 2.67 bits per heavy atom. The summed E-state index contributed by atoms with van der Waals surface area (Å²) in [4.78, 5) is 44.5. The van der Waals surface area contributed by atoms with Crippen LogP contribution in [0.5, 0.6) is 11.5 Å². The molecule has 1 aromatic heterocycles. The molecule has 1 N–H and O–H groups in total. The molecule has 0 aliphatic carbocycles. The van der Waals surface area contributed by atoms with E-state index in [4.69, 9.17) is 9.47 Å². The maximum absolute atomic E-state index is 12.9. The third kappa shape index (κ3) is 3.99. The monoisotopic (exact) mass is 371 g/mol. The summed E-state index contributed by atoms with van der Waals surface area (Å²) in [5, 5.41) is 0. The Kier molecular flexibility index (Phi) is 5.54. The quantitative estimate of drug-likeness (QED) is 0.800. The summed E-state index contributed by atoms with van der Waals surface area (Å²) in [6.07, 6.45) is 3.79. The summed E-state index contributed by atoms with van der Waals surface area (Å²) in [7, 11) is 3.05. The second-order valence-electron chi connectivity index (χ2n) is 6.32. The van der Waals surface area contributed by atoms with Crippen LogP contribution < -0.4 is 15.0 Å². The Morgan fingerprint density at radius 1 is 1.22 bits per heavy atom. The fourth-order valence-corrected chi connectivity index (χ4v) is 3.22. The van der Waals surface area contributed by atoms with Crippen LogP contribution in [0.2, 0.25) is 0 Å². The zero-order valence-electron chi connectivity index (χ0n) is 15.2. The number of carbonyl (C=O) groups excluding carboxylic acids is 2. The summed E-state index contributed by atoms with van der Waals surface area (Å²) in [5.41, 5.74) is 0.314. The molecule has 1 amide bonds. The van der Waals surface area contributed by atoms with Gasteiger partial charge in [-0.3, -0.25) is 14.4 Å². The summed E-state index contributed by atoms with van der Waals surface area (Å²) in [6.45, 7) is 0.863. The molecule has 1 aromatic carbocycles. The van der Waals surface area contributed by atoms with Crippen LogP contribution in [0.15, 0.2) is 35.4 Å². The number of Topliss-reactive ketones (excluding diaryl/α,β-unsaturated/α-hetero) is 1. The van der Waals surface area contributed by atoms with Gasteiger partial charge in [0, 0.05) is 30.8 Å². The fourth-order valence-electron chi connectivity index (χ4n) is 3.22. The number of ketones is 1. The minimum absolute atomic E-state index is 0.0390. The number of piperidine rings is 1. The van der Waals surface area contributed by atoms with Crippen LogP contribution in [-0.4, -0.2) is 53.9 Å². The smallest absolute Gasteiger partial charge is 0.273 e. The van der Waals surface area contributed by atoms with E-state index in [0.717, 1.165) is 12.6 Å². The van der Waals surface area contributed by atoms with Crippen molar-refractivity contribution in [2.45, 2.75) is 12.8 Å². The predicted molar refractivity (Wildman–Crippen MR) is 97.4 cm³/mol. The number of hydrogen-bond acceptors (Lipinski definition) is 6. The minimum Gasteiger partial charge on any atom is -0.493 e. The van der Waals surface area contributed by atoms with Gasteiger partial charge in [-0.25, -0.2) is 4.98 Å². The van der Waals surface area contributed by atoms with Crippen molar-refractivity contribution in [1.82, 2.24) is 14.9 Å². The Hall–Kier alpha value is -3.16. The van der Waals surface area contributed by atoms with Gasteiger partial charge in [-0.1, -0.05) is 0 Å². The van der Waals surface area contributed by atoms with Crippen LogP contribution in [0, 0.1) is 5.92 Å². The van der Waals surface area contributed by atoms with Gasteiger partial charge in [-0.15, -0.1) is 0 Å². The van der Waals surface area contributed by atoms with E-state index in [1.54, 1.807) is 23.1 Å². The van der Waals surface area contributed by atoms with E-state index in [1.807, 2.05) is 0 Å². The predicted octanol–water partition coefficient (Wildman–Crippen LogP) is 1.52. The van der Waals surface area contributed by atoms with E-state index in [9.17, 15) is 14.4 Å². The number of ether oxygens (including phenoxy) is 2. The van der Waals surface area contributed by atoms with Gasteiger partial charge in [0.25, 0.3) is 11.5 Å². The maximum Gasteiger partial charge on any atom is 0.273 e. The number of likely N-dealkylation sites (tertiary alicyclic amines) is 1. The van der Waals surface area contributed by atoms with E-state index in [1.165, 1.54) is 20.4 Å². The van der Waals surface area contributed by atoms with Crippen molar-refractivity contribution in [3.8, 4) is 11.5 Å². The van der Waals surface area contributed by atoms with E-state index < -0.39 is 0 Å². The van der Waals surface area contributed by atoms with Crippen molar-refractivity contribution < 1.29 is 19.1 Å². The molecule has 1 fully saturated rings. The average molecular weight is 371 g/mol. The SMILES string of the molecule is COc1ccc(C(=O)[C@@H]2CCCN(C(=O)c3c[nH]c(=O)cn3)C2)cc1OC. The summed E-state index contributed by atoms with van der Waals surface area (Å²) in [6, 6.07) is 5.06. The molecule has 1 aliphatic heterocycles. The second-order valence-corrected chi connectivity index (χ2v) is 6.32. The number of carbonyl (C=O) groups is 2. The molecular weight excluding hydrogens is 350 g/mol. The molecule has 0 spiro atoms. The molecule has 0 radical (unpaired) electrons. The highest BCUT2D eigenvalue weighted by molar-refractivity contribution is 5.99. The van der Waals surface area contributed by atoms with Gasteiger partial charge < -0.3 is 19.4 Å². The first-order valence-electron chi connectivity index (χ1n) is 8.63.